The number of aryl methyl sites for hydroxylation is 2. The summed E-state index contributed by atoms with van der Waals surface area (Å²) in [5.41, 5.74) is 0.664. The Morgan fingerprint density at radius 3 is 2.71 bits per heavy atom. The van der Waals surface area contributed by atoms with E-state index >= 15 is 0 Å². The zero-order valence-electron chi connectivity index (χ0n) is 28.8. The number of hydrogen-bond acceptors (Lipinski definition) is 10. The Bertz CT molecular complexity index is 1910. The number of fused-ring (bicyclic) bond motifs is 4. The number of aromatic nitrogens is 1. The molecule has 52 heavy (non-hydrogen) atoms. The number of halogens is 1. The third kappa shape index (κ3) is 6.91. The Labute approximate surface area is 305 Å². The normalized spacial score (nSPS) is 29.5. The van der Waals surface area contributed by atoms with E-state index in [0.29, 0.717) is 35.5 Å². The van der Waals surface area contributed by atoms with Gasteiger partial charge in [-0.3, -0.25) is 24.0 Å². The summed E-state index contributed by atoms with van der Waals surface area (Å²) in [4.78, 5) is 64.7. The average molecular weight is 755 g/mol. The van der Waals surface area contributed by atoms with Gasteiger partial charge < -0.3 is 20.3 Å². The maximum Gasteiger partial charge on any atom is 0.410 e. The third-order valence-corrected chi connectivity index (χ3v) is 14.1. The molecule has 0 spiro atoms. The van der Waals surface area contributed by atoms with Crippen LogP contribution in [0.25, 0.3) is 0 Å². The minimum Gasteiger partial charge on any atom is -0.444 e. The molecule has 3 aliphatic carbocycles. The van der Waals surface area contributed by atoms with Crippen molar-refractivity contribution in [3.63, 3.8) is 0 Å². The Morgan fingerprint density at radius 1 is 1.08 bits per heavy atom. The van der Waals surface area contributed by atoms with Gasteiger partial charge in [0.1, 0.15) is 29.5 Å². The monoisotopic (exact) mass is 754 g/mol. The number of ether oxygens (including phenoxy) is 1. The van der Waals surface area contributed by atoms with Crippen molar-refractivity contribution in [3.05, 3.63) is 57.9 Å². The smallest absolute Gasteiger partial charge is 0.410 e. The minimum absolute atomic E-state index is 0.0324. The predicted molar refractivity (Wildman–Crippen MR) is 189 cm³/mol. The van der Waals surface area contributed by atoms with Crippen LogP contribution in [-0.4, -0.2) is 82.5 Å². The summed E-state index contributed by atoms with van der Waals surface area (Å²) >= 11 is 1.54. The summed E-state index contributed by atoms with van der Waals surface area (Å²) in [7, 11) is -3.88. The number of amides is 4. The first-order chi connectivity index (χ1) is 25.0. The molecule has 2 saturated carbocycles. The molecule has 3 N–H and O–H groups in total. The van der Waals surface area contributed by atoms with Crippen molar-refractivity contribution in [3.8, 4) is 0 Å². The van der Waals surface area contributed by atoms with Gasteiger partial charge in [0.05, 0.1) is 24.0 Å². The van der Waals surface area contributed by atoms with Crippen LogP contribution in [0.5, 0.6) is 0 Å². The van der Waals surface area contributed by atoms with Crippen LogP contribution < -0.4 is 15.4 Å². The van der Waals surface area contributed by atoms with Crippen LogP contribution in [0.3, 0.4) is 0 Å². The largest absolute Gasteiger partial charge is 0.444 e. The van der Waals surface area contributed by atoms with Gasteiger partial charge in [-0.05, 0) is 69.4 Å². The highest BCUT2D eigenvalue weighted by Crippen LogP contribution is 2.46. The minimum atomic E-state index is -3.88. The molecule has 4 heterocycles. The molecule has 3 aliphatic heterocycles. The summed E-state index contributed by atoms with van der Waals surface area (Å²) < 4.78 is 48.1. The number of thiazole rings is 1. The highest BCUT2D eigenvalue weighted by molar-refractivity contribution is 7.91. The Hall–Kier alpha value is -4.05. The van der Waals surface area contributed by atoms with Crippen molar-refractivity contribution in [1.29, 1.82) is 0 Å². The van der Waals surface area contributed by atoms with Gasteiger partial charge in [-0.15, -0.1) is 11.3 Å². The molecule has 0 bridgehead atoms. The lowest BCUT2D eigenvalue weighted by Gasteiger charge is -2.29. The molecular formula is C36H43FN6O7S2. The van der Waals surface area contributed by atoms with Crippen LogP contribution in [0.15, 0.2) is 30.4 Å². The van der Waals surface area contributed by atoms with E-state index in [-0.39, 0.29) is 38.4 Å². The zero-order chi connectivity index (χ0) is 36.2. The van der Waals surface area contributed by atoms with E-state index < -0.39 is 68.6 Å². The fourth-order valence-electron chi connectivity index (χ4n) is 7.98. The van der Waals surface area contributed by atoms with E-state index in [9.17, 15) is 32.0 Å². The summed E-state index contributed by atoms with van der Waals surface area (Å²) in [6.07, 6.45) is 10.0. The maximum atomic E-state index is 14.5. The Kier molecular flexibility index (Phi) is 9.25. The van der Waals surface area contributed by atoms with Crippen LogP contribution in [0.4, 0.5) is 14.3 Å². The number of hydrogen-bond donors (Lipinski definition) is 3. The van der Waals surface area contributed by atoms with Gasteiger partial charge in [0, 0.05) is 29.3 Å². The summed E-state index contributed by atoms with van der Waals surface area (Å²) in [6.45, 7) is 0.147. The molecule has 0 unspecified atom stereocenters. The lowest BCUT2D eigenvalue weighted by molar-refractivity contribution is -0.140. The van der Waals surface area contributed by atoms with E-state index in [2.05, 4.69) is 15.4 Å². The van der Waals surface area contributed by atoms with Crippen LogP contribution in [-0.2, 0) is 55.1 Å². The van der Waals surface area contributed by atoms with E-state index in [1.165, 1.54) is 20.7 Å². The molecule has 278 valence electrons. The van der Waals surface area contributed by atoms with Gasteiger partial charge in [0.15, 0.2) is 5.13 Å². The molecule has 13 nitrogen and oxygen atoms in total. The number of carbonyl (C=O) groups excluding carboxylic acids is 4. The van der Waals surface area contributed by atoms with Gasteiger partial charge in [0.25, 0.3) is 5.91 Å². The van der Waals surface area contributed by atoms with Crippen molar-refractivity contribution < 1.29 is 36.7 Å². The third-order valence-electron chi connectivity index (χ3n) is 11.2. The molecular weight excluding hydrogens is 712 g/mol. The molecule has 16 heteroatoms. The topological polar surface area (TPSA) is 167 Å². The van der Waals surface area contributed by atoms with Gasteiger partial charge in [-0.1, -0.05) is 37.1 Å². The summed E-state index contributed by atoms with van der Waals surface area (Å²) in [5, 5.41) is 6.26. The molecule has 1 saturated heterocycles. The number of anilines is 1. The second-order valence-corrected chi connectivity index (χ2v) is 18.0. The number of allylic oxidation sites excluding steroid dienone is 1. The molecule has 8 rings (SSSR count). The van der Waals surface area contributed by atoms with Crippen molar-refractivity contribution in [2.75, 3.05) is 11.9 Å². The number of rotatable bonds is 6. The number of nitrogens with one attached hydrogen (secondary N) is 3. The standard InChI is InChI=1S/C36H43FN6O7S2/c37-26-10-6-8-21-18-42(20-25(21)26)35(47)50-23-16-29-31(44)40-36(33(46)41-52(48,49)24-14-15-24)17-22(36)9-4-2-1-3-5-11-28(32(45)43(29)19-23)39-34-38-27-12-7-13-30(27)51-34/h4,6,8-10,22-24,28-29H,1-3,5,7,11-20H2,(H,38,39)(H,40,44)(H,41,46)/b9-4-/t22-,23+,28-,29-,36+/m0/s1. The van der Waals surface area contributed by atoms with Gasteiger partial charge >= 0.3 is 6.09 Å². The first-order valence-corrected chi connectivity index (χ1v) is 20.7. The van der Waals surface area contributed by atoms with Gasteiger partial charge in [0.2, 0.25) is 21.8 Å². The molecule has 5 atom stereocenters. The van der Waals surface area contributed by atoms with E-state index in [0.717, 1.165) is 50.6 Å². The first kappa shape index (κ1) is 35.0. The fourth-order valence-corrected chi connectivity index (χ4v) is 10.4. The fraction of sp³-hybridized carbons (Fsp3) is 0.583. The van der Waals surface area contributed by atoms with Crippen LogP contribution in [0, 0.1) is 11.7 Å². The van der Waals surface area contributed by atoms with Gasteiger partial charge in [-0.2, -0.15) is 0 Å². The van der Waals surface area contributed by atoms with Crippen LogP contribution in [0.1, 0.15) is 85.9 Å². The molecule has 1 aromatic carbocycles. The SMILES string of the molecule is O=C1N[C@]2(C(=O)NS(=O)(=O)C3CC3)C[C@@H]2/C=C\CCCCC[C@H](Nc2nc3c(s2)CCC3)C(=O)N2C[C@H](OC(=O)N3Cc4cccc(F)c4C3)C[C@@H]12. The highest BCUT2D eigenvalue weighted by atomic mass is 32.2. The predicted octanol–water partition coefficient (Wildman–Crippen LogP) is 3.68. The summed E-state index contributed by atoms with van der Waals surface area (Å²) in [5.74, 6) is -2.59. The quantitative estimate of drug-likeness (QED) is 0.373. The average Bonchev–Trinajstić information content (AvgIpc) is 3.82. The lowest BCUT2D eigenvalue weighted by atomic mass is 10.1. The molecule has 4 amide bonds. The Morgan fingerprint density at radius 2 is 1.92 bits per heavy atom. The van der Waals surface area contributed by atoms with E-state index in [1.807, 2.05) is 12.2 Å². The number of sulfonamides is 1. The van der Waals surface area contributed by atoms with Crippen LogP contribution in [0.2, 0.25) is 0 Å². The second kappa shape index (κ2) is 13.7. The number of nitrogens with zero attached hydrogens (tertiary/aromatic N) is 3. The molecule has 3 fully saturated rings. The molecule has 1 aromatic heterocycles. The Balaban J connectivity index is 1.05. The molecule has 6 aliphatic rings. The van der Waals surface area contributed by atoms with Crippen molar-refractivity contribution in [2.24, 2.45) is 5.92 Å². The molecule has 2 aromatic rings. The maximum absolute atomic E-state index is 14.5. The second-order valence-electron chi connectivity index (χ2n) is 14.9. The number of benzene rings is 1. The van der Waals surface area contributed by atoms with Crippen molar-refractivity contribution >= 4 is 50.3 Å². The van der Waals surface area contributed by atoms with Crippen molar-refractivity contribution in [1.82, 2.24) is 24.8 Å². The zero-order valence-corrected chi connectivity index (χ0v) is 30.4. The van der Waals surface area contributed by atoms with E-state index in [1.54, 1.807) is 23.5 Å². The lowest BCUT2D eigenvalue weighted by Crippen LogP contribution is -2.57. The van der Waals surface area contributed by atoms with Gasteiger partial charge in [-0.25, -0.2) is 22.6 Å². The first-order valence-electron chi connectivity index (χ1n) is 18.3. The van der Waals surface area contributed by atoms with E-state index in [4.69, 9.17) is 9.72 Å². The van der Waals surface area contributed by atoms with Crippen molar-refractivity contribution in [2.45, 2.75) is 119 Å². The molecule has 0 radical (unpaired) electrons. The van der Waals surface area contributed by atoms with Crippen LogP contribution >= 0.6 is 11.3 Å². The highest BCUT2D eigenvalue weighted by Gasteiger charge is 2.62. The number of carbonyl (C=O) groups is 4. The summed E-state index contributed by atoms with van der Waals surface area (Å²) in [6, 6.07) is 2.88.